The van der Waals surface area contributed by atoms with E-state index < -0.39 is 5.60 Å². The normalized spacial score (nSPS) is 15.8. The SMILES string of the molecule is CCC(C)C(C)(O)CNC(=O)c1ccc2cc[nH]c2c1. The molecule has 3 N–H and O–H groups in total. The predicted octanol–water partition coefficient (Wildman–Crippen LogP) is 2.69. The Morgan fingerprint density at radius 2 is 2.20 bits per heavy atom. The van der Waals surface area contributed by atoms with Gasteiger partial charge in [-0.1, -0.05) is 26.3 Å². The van der Waals surface area contributed by atoms with Crippen molar-refractivity contribution < 1.29 is 9.90 Å². The summed E-state index contributed by atoms with van der Waals surface area (Å²) in [5.41, 5.74) is 0.646. The Morgan fingerprint density at radius 1 is 1.45 bits per heavy atom. The average molecular weight is 274 g/mol. The summed E-state index contributed by atoms with van der Waals surface area (Å²) in [7, 11) is 0. The van der Waals surface area contributed by atoms with E-state index in [0.717, 1.165) is 17.3 Å². The van der Waals surface area contributed by atoms with Crippen molar-refractivity contribution in [2.75, 3.05) is 6.54 Å². The molecule has 0 spiro atoms. The van der Waals surface area contributed by atoms with Crippen LogP contribution >= 0.6 is 0 Å². The molecule has 0 aliphatic heterocycles. The number of carbonyl (C=O) groups excluding carboxylic acids is 1. The lowest BCUT2D eigenvalue weighted by atomic mass is 9.88. The van der Waals surface area contributed by atoms with Gasteiger partial charge >= 0.3 is 0 Å². The summed E-state index contributed by atoms with van der Waals surface area (Å²) >= 11 is 0. The van der Waals surface area contributed by atoms with Gasteiger partial charge in [-0.15, -0.1) is 0 Å². The fourth-order valence-corrected chi connectivity index (χ4v) is 2.16. The van der Waals surface area contributed by atoms with Crippen LogP contribution in [0.3, 0.4) is 0 Å². The van der Waals surface area contributed by atoms with Crippen molar-refractivity contribution in [1.82, 2.24) is 10.3 Å². The Hall–Kier alpha value is -1.81. The summed E-state index contributed by atoms with van der Waals surface area (Å²) in [5.74, 6) is -0.0289. The lowest BCUT2D eigenvalue weighted by molar-refractivity contribution is 0.00593. The lowest BCUT2D eigenvalue weighted by Crippen LogP contribution is -2.45. The summed E-state index contributed by atoms with van der Waals surface area (Å²) < 4.78 is 0. The summed E-state index contributed by atoms with van der Waals surface area (Å²) in [6.07, 6.45) is 2.72. The Morgan fingerprint density at radius 3 is 2.90 bits per heavy atom. The second-order valence-electron chi connectivity index (χ2n) is 5.63. The van der Waals surface area contributed by atoms with E-state index in [1.165, 1.54) is 0 Å². The van der Waals surface area contributed by atoms with Gasteiger partial charge in [0.2, 0.25) is 0 Å². The Balaban J connectivity index is 2.04. The minimum atomic E-state index is -0.888. The van der Waals surface area contributed by atoms with Gasteiger partial charge in [-0.05, 0) is 36.4 Å². The smallest absolute Gasteiger partial charge is 0.251 e. The van der Waals surface area contributed by atoms with Gasteiger partial charge in [0, 0.05) is 23.8 Å². The molecule has 1 heterocycles. The molecule has 0 saturated heterocycles. The summed E-state index contributed by atoms with van der Waals surface area (Å²) in [4.78, 5) is 15.2. The monoisotopic (exact) mass is 274 g/mol. The number of benzene rings is 1. The molecule has 2 unspecified atom stereocenters. The highest BCUT2D eigenvalue weighted by Crippen LogP contribution is 2.19. The van der Waals surface area contributed by atoms with Crippen LogP contribution in [-0.2, 0) is 0 Å². The molecule has 0 bridgehead atoms. The molecule has 4 heteroatoms. The highest BCUT2D eigenvalue weighted by Gasteiger charge is 2.27. The molecule has 1 amide bonds. The predicted molar refractivity (Wildman–Crippen MR) is 80.7 cm³/mol. The van der Waals surface area contributed by atoms with Gasteiger partial charge in [-0.3, -0.25) is 4.79 Å². The zero-order valence-electron chi connectivity index (χ0n) is 12.2. The van der Waals surface area contributed by atoms with Gasteiger partial charge < -0.3 is 15.4 Å². The number of fused-ring (bicyclic) bond motifs is 1. The van der Waals surface area contributed by atoms with Gasteiger partial charge in [0.05, 0.1) is 5.60 Å². The second-order valence-corrected chi connectivity index (χ2v) is 5.63. The maximum Gasteiger partial charge on any atom is 0.251 e. The van der Waals surface area contributed by atoms with Crippen molar-refractivity contribution in [2.24, 2.45) is 5.92 Å². The van der Waals surface area contributed by atoms with Crippen LogP contribution in [-0.4, -0.2) is 28.1 Å². The molecule has 0 aliphatic carbocycles. The van der Waals surface area contributed by atoms with E-state index in [2.05, 4.69) is 10.3 Å². The van der Waals surface area contributed by atoms with Crippen LogP contribution in [0.5, 0.6) is 0 Å². The van der Waals surface area contributed by atoms with Crippen LogP contribution < -0.4 is 5.32 Å². The highest BCUT2D eigenvalue weighted by molar-refractivity contribution is 5.97. The molecule has 0 saturated carbocycles. The van der Waals surface area contributed by atoms with E-state index in [9.17, 15) is 9.90 Å². The molecule has 2 rings (SSSR count). The first-order valence-electron chi connectivity index (χ1n) is 7.01. The van der Waals surface area contributed by atoms with Crippen molar-refractivity contribution in [3.05, 3.63) is 36.0 Å². The van der Waals surface area contributed by atoms with Crippen LogP contribution in [0.15, 0.2) is 30.5 Å². The molecule has 2 aromatic rings. The van der Waals surface area contributed by atoms with E-state index in [-0.39, 0.29) is 18.4 Å². The number of hydrogen-bond donors (Lipinski definition) is 3. The summed E-state index contributed by atoms with van der Waals surface area (Å²) in [6, 6.07) is 7.49. The molecule has 1 aromatic heterocycles. The number of carbonyl (C=O) groups is 1. The third-order valence-corrected chi connectivity index (χ3v) is 4.10. The third-order valence-electron chi connectivity index (χ3n) is 4.10. The molecule has 4 nitrogen and oxygen atoms in total. The van der Waals surface area contributed by atoms with E-state index in [1.54, 1.807) is 13.0 Å². The summed E-state index contributed by atoms with van der Waals surface area (Å²) in [6.45, 7) is 6.02. The van der Waals surface area contributed by atoms with E-state index in [1.807, 2.05) is 38.2 Å². The van der Waals surface area contributed by atoms with Crippen molar-refractivity contribution >= 4 is 16.8 Å². The molecule has 108 valence electrons. The lowest BCUT2D eigenvalue weighted by Gasteiger charge is -2.29. The number of aromatic nitrogens is 1. The van der Waals surface area contributed by atoms with Crippen molar-refractivity contribution in [1.29, 1.82) is 0 Å². The maximum absolute atomic E-state index is 12.1. The van der Waals surface area contributed by atoms with E-state index >= 15 is 0 Å². The third kappa shape index (κ3) is 3.02. The largest absolute Gasteiger partial charge is 0.388 e. The fraction of sp³-hybridized carbons (Fsp3) is 0.438. The first-order valence-corrected chi connectivity index (χ1v) is 7.01. The Labute approximate surface area is 119 Å². The molecular formula is C16H22N2O2. The molecular weight excluding hydrogens is 252 g/mol. The number of aliphatic hydroxyl groups is 1. The first kappa shape index (κ1) is 14.6. The first-order chi connectivity index (χ1) is 9.44. The second kappa shape index (κ2) is 5.67. The Bertz CT molecular complexity index is 601. The highest BCUT2D eigenvalue weighted by atomic mass is 16.3. The fourth-order valence-electron chi connectivity index (χ4n) is 2.16. The minimum absolute atomic E-state index is 0.133. The van der Waals surface area contributed by atoms with E-state index in [0.29, 0.717) is 5.56 Å². The quantitative estimate of drug-likeness (QED) is 0.785. The topological polar surface area (TPSA) is 65.1 Å². The maximum atomic E-state index is 12.1. The molecule has 0 aliphatic rings. The van der Waals surface area contributed by atoms with Crippen LogP contribution in [0, 0.1) is 5.92 Å². The molecule has 0 radical (unpaired) electrons. The Kier molecular flexibility index (Phi) is 4.14. The zero-order valence-corrected chi connectivity index (χ0v) is 12.2. The zero-order chi connectivity index (χ0) is 14.8. The van der Waals surface area contributed by atoms with Gasteiger partial charge in [0.15, 0.2) is 0 Å². The number of nitrogens with one attached hydrogen (secondary N) is 2. The van der Waals surface area contributed by atoms with Crippen LogP contribution in [0.2, 0.25) is 0 Å². The number of aromatic amines is 1. The van der Waals surface area contributed by atoms with Gasteiger partial charge in [0.1, 0.15) is 0 Å². The van der Waals surface area contributed by atoms with Crippen molar-refractivity contribution in [2.45, 2.75) is 32.8 Å². The minimum Gasteiger partial charge on any atom is -0.388 e. The van der Waals surface area contributed by atoms with Crippen LogP contribution in [0.4, 0.5) is 0 Å². The number of H-pyrrole nitrogens is 1. The van der Waals surface area contributed by atoms with Crippen molar-refractivity contribution in [3.63, 3.8) is 0 Å². The van der Waals surface area contributed by atoms with Gasteiger partial charge in [-0.25, -0.2) is 0 Å². The standard InChI is InChI=1S/C16H22N2O2/c1-4-11(2)16(3,20)10-18-15(19)13-6-5-12-7-8-17-14(12)9-13/h5-9,11,17,20H,4,10H2,1-3H3,(H,18,19). The van der Waals surface area contributed by atoms with Crippen LogP contribution in [0.25, 0.3) is 10.9 Å². The average Bonchev–Trinajstić information content (AvgIpc) is 2.91. The van der Waals surface area contributed by atoms with E-state index in [4.69, 9.17) is 0 Å². The molecule has 2 atom stereocenters. The molecule has 1 aromatic carbocycles. The van der Waals surface area contributed by atoms with Crippen molar-refractivity contribution in [3.8, 4) is 0 Å². The number of hydrogen-bond acceptors (Lipinski definition) is 2. The number of amides is 1. The van der Waals surface area contributed by atoms with Gasteiger partial charge in [-0.2, -0.15) is 0 Å². The van der Waals surface area contributed by atoms with Crippen LogP contribution in [0.1, 0.15) is 37.6 Å². The summed E-state index contributed by atoms with van der Waals surface area (Å²) in [5, 5.41) is 14.2. The van der Waals surface area contributed by atoms with Gasteiger partial charge in [0.25, 0.3) is 5.91 Å². The number of rotatable bonds is 5. The molecule has 20 heavy (non-hydrogen) atoms. The molecule has 0 fully saturated rings.